The van der Waals surface area contributed by atoms with Crippen LogP contribution in [-0.4, -0.2) is 11.5 Å². The highest BCUT2D eigenvalue weighted by Gasteiger charge is 2.12. The minimum absolute atomic E-state index is 0.230. The number of aryl methyl sites for hydroxylation is 1. The molecule has 1 heterocycles. The van der Waals surface area contributed by atoms with Gasteiger partial charge in [-0.3, -0.25) is 0 Å². The Morgan fingerprint density at radius 1 is 0.966 bits per heavy atom. The lowest BCUT2D eigenvalue weighted by molar-refractivity contribution is 0.631. The van der Waals surface area contributed by atoms with E-state index in [-0.39, 0.29) is 5.82 Å². The second kappa shape index (κ2) is 8.41. The molecule has 0 saturated heterocycles. The number of nitrogens with one attached hydrogen (secondary N) is 1. The third kappa shape index (κ3) is 4.07. The van der Waals surface area contributed by atoms with Crippen LogP contribution in [0.1, 0.15) is 18.1 Å². The van der Waals surface area contributed by atoms with Crippen LogP contribution in [0, 0.1) is 12.7 Å². The molecular weight excluding hydrogens is 378 g/mol. The van der Waals surface area contributed by atoms with Gasteiger partial charge in [0, 0.05) is 23.1 Å². The van der Waals surface area contributed by atoms with Crippen molar-refractivity contribution in [1.29, 1.82) is 0 Å². The fourth-order valence-electron chi connectivity index (χ4n) is 3.65. The van der Waals surface area contributed by atoms with Gasteiger partial charge < -0.3 is 5.32 Å². The SMILES string of the molecule is CCNCc1ccccc1-c1ccc(-c2cc(C)c3cc(P)ccc3n2)cc1F. The van der Waals surface area contributed by atoms with E-state index in [1.54, 1.807) is 6.07 Å². The summed E-state index contributed by atoms with van der Waals surface area (Å²) in [6, 6.07) is 21.5. The number of pyridine rings is 1. The Kier molecular flexibility index (Phi) is 5.71. The Morgan fingerprint density at radius 3 is 2.59 bits per heavy atom. The number of hydrogen-bond acceptors (Lipinski definition) is 2. The molecule has 3 aromatic carbocycles. The molecule has 1 atom stereocenters. The van der Waals surface area contributed by atoms with Crippen LogP contribution in [0.5, 0.6) is 0 Å². The zero-order valence-corrected chi connectivity index (χ0v) is 17.8. The Labute approximate surface area is 173 Å². The minimum Gasteiger partial charge on any atom is -0.313 e. The maximum absolute atomic E-state index is 15.1. The van der Waals surface area contributed by atoms with Crippen LogP contribution in [0.25, 0.3) is 33.3 Å². The summed E-state index contributed by atoms with van der Waals surface area (Å²) in [7, 11) is 2.71. The highest BCUT2D eigenvalue weighted by atomic mass is 31.0. The van der Waals surface area contributed by atoms with Crippen molar-refractivity contribution in [1.82, 2.24) is 10.3 Å². The Balaban J connectivity index is 1.75. The number of aromatic nitrogens is 1. The number of halogens is 1. The Hall–Kier alpha value is -2.61. The molecule has 0 aliphatic heterocycles. The molecule has 29 heavy (non-hydrogen) atoms. The van der Waals surface area contributed by atoms with Gasteiger partial charge in [0.1, 0.15) is 5.82 Å². The number of rotatable bonds is 5. The van der Waals surface area contributed by atoms with E-state index in [0.29, 0.717) is 5.56 Å². The molecule has 1 aromatic heterocycles. The topological polar surface area (TPSA) is 24.9 Å². The molecule has 4 aromatic rings. The van der Waals surface area contributed by atoms with E-state index in [1.807, 2.05) is 54.6 Å². The van der Waals surface area contributed by atoms with Crippen LogP contribution in [0.2, 0.25) is 0 Å². The number of fused-ring (bicyclic) bond motifs is 1. The van der Waals surface area contributed by atoms with Crippen molar-refractivity contribution >= 4 is 25.4 Å². The number of benzene rings is 3. The normalized spacial score (nSPS) is 11.2. The van der Waals surface area contributed by atoms with Gasteiger partial charge in [-0.1, -0.05) is 49.4 Å². The third-order valence-corrected chi connectivity index (χ3v) is 5.54. The third-order valence-electron chi connectivity index (χ3n) is 5.18. The van der Waals surface area contributed by atoms with Crippen LogP contribution < -0.4 is 10.6 Å². The lowest BCUT2D eigenvalue weighted by Crippen LogP contribution is -2.12. The highest BCUT2D eigenvalue weighted by molar-refractivity contribution is 7.27. The van der Waals surface area contributed by atoms with Gasteiger partial charge in [-0.05, 0) is 59.7 Å². The van der Waals surface area contributed by atoms with Crippen molar-refractivity contribution in [2.24, 2.45) is 0 Å². The molecule has 0 amide bonds. The predicted molar refractivity (Wildman–Crippen MR) is 124 cm³/mol. The van der Waals surface area contributed by atoms with Gasteiger partial charge in [0.25, 0.3) is 0 Å². The minimum atomic E-state index is -0.230. The zero-order valence-electron chi connectivity index (χ0n) is 16.7. The van der Waals surface area contributed by atoms with Crippen molar-refractivity contribution in [2.75, 3.05) is 6.54 Å². The van der Waals surface area contributed by atoms with Crippen molar-refractivity contribution < 1.29 is 4.39 Å². The Bertz CT molecular complexity index is 1190. The molecule has 0 bridgehead atoms. The molecule has 0 fully saturated rings. The van der Waals surface area contributed by atoms with E-state index >= 15 is 4.39 Å². The summed E-state index contributed by atoms with van der Waals surface area (Å²) in [4.78, 5) is 4.76. The van der Waals surface area contributed by atoms with E-state index in [4.69, 9.17) is 4.98 Å². The van der Waals surface area contributed by atoms with Crippen molar-refractivity contribution in [2.45, 2.75) is 20.4 Å². The van der Waals surface area contributed by atoms with Gasteiger partial charge in [-0.2, -0.15) is 0 Å². The first kappa shape index (κ1) is 19.7. The first-order valence-electron chi connectivity index (χ1n) is 9.82. The highest BCUT2D eigenvalue weighted by Crippen LogP contribution is 2.31. The molecular formula is C25H24FN2P. The predicted octanol–water partition coefficient (Wildman–Crippen LogP) is 5.63. The zero-order chi connectivity index (χ0) is 20.4. The van der Waals surface area contributed by atoms with Crippen molar-refractivity contribution in [3.8, 4) is 22.4 Å². The molecule has 0 spiro atoms. The van der Waals surface area contributed by atoms with Gasteiger partial charge in [-0.15, -0.1) is 9.24 Å². The smallest absolute Gasteiger partial charge is 0.131 e. The molecule has 0 aliphatic rings. The van der Waals surface area contributed by atoms with E-state index in [1.165, 1.54) is 0 Å². The van der Waals surface area contributed by atoms with Crippen molar-refractivity contribution in [3.05, 3.63) is 83.7 Å². The van der Waals surface area contributed by atoms with Gasteiger partial charge >= 0.3 is 0 Å². The molecule has 1 N–H and O–H groups in total. The van der Waals surface area contributed by atoms with Crippen LogP contribution >= 0.6 is 9.24 Å². The van der Waals surface area contributed by atoms with E-state index in [0.717, 1.165) is 57.2 Å². The van der Waals surface area contributed by atoms with E-state index < -0.39 is 0 Å². The molecule has 1 unspecified atom stereocenters. The van der Waals surface area contributed by atoms with Gasteiger partial charge in [0.2, 0.25) is 0 Å². The van der Waals surface area contributed by atoms with E-state index in [2.05, 4.69) is 34.5 Å². The molecule has 0 radical (unpaired) electrons. The summed E-state index contributed by atoms with van der Waals surface area (Å²) in [6.45, 7) is 5.73. The summed E-state index contributed by atoms with van der Waals surface area (Å²) < 4.78 is 15.1. The average molecular weight is 402 g/mol. The van der Waals surface area contributed by atoms with Gasteiger partial charge in [0.15, 0.2) is 0 Å². The largest absolute Gasteiger partial charge is 0.313 e. The first-order valence-corrected chi connectivity index (χ1v) is 10.4. The summed E-state index contributed by atoms with van der Waals surface area (Å²) in [5.41, 5.74) is 6.27. The molecule has 4 rings (SSSR count). The van der Waals surface area contributed by atoms with Crippen LogP contribution in [0.3, 0.4) is 0 Å². The summed E-state index contributed by atoms with van der Waals surface area (Å²) in [5, 5.41) is 5.57. The summed E-state index contributed by atoms with van der Waals surface area (Å²) in [6.07, 6.45) is 0. The van der Waals surface area contributed by atoms with Crippen LogP contribution in [0.15, 0.2) is 66.7 Å². The second-order valence-electron chi connectivity index (χ2n) is 7.23. The monoisotopic (exact) mass is 402 g/mol. The molecule has 4 heteroatoms. The molecule has 2 nitrogen and oxygen atoms in total. The average Bonchev–Trinajstić information content (AvgIpc) is 2.73. The Morgan fingerprint density at radius 2 is 1.79 bits per heavy atom. The summed E-state index contributed by atoms with van der Waals surface area (Å²) >= 11 is 0. The molecule has 0 saturated carbocycles. The lowest BCUT2D eigenvalue weighted by Gasteiger charge is -2.13. The standard InChI is InChI=1S/C25H24FN2P/c1-3-27-15-18-6-4-5-7-20(18)21-10-8-17(13-23(21)26)25-12-16(2)22-14-19(29)9-11-24(22)28-25/h4-14,27H,3,15,29H2,1-2H3. The number of nitrogens with zero attached hydrogens (tertiary/aromatic N) is 1. The van der Waals surface area contributed by atoms with E-state index in [9.17, 15) is 0 Å². The first-order chi connectivity index (χ1) is 14.1. The molecule has 0 aliphatic carbocycles. The van der Waals surface area contributed by atoms with Gasteiger partial charge in [0.05, 0.1) is 11.2 Å². The second-order valence-corrected chi connectivity index (χ2v) is 7.90. The van der Waals surface area contributed by atoms with Crippen molar-refractivity contribution in [3.63, 3.8) is 0 Å². The molecule has 146 valence electrons. The number of hydrogen-bond donors (Lipinski definition) is 1. The van der Waals surface area contributed by atoms with Crippen LogP contribution in [-0.2, 0) is 6.54 Å². The quantitative estimate of drug-likeness (QED) is 0.438. The summed E-state index contributed by atoms with van der Waals surface area (Å²) in [5.74, 6) is -0.230. The fraction of sp³-hybridized carbons (Fsp3) is 0.160. The maximum Gasteiger partial charge on any atom is 0.131 e. The maximum atomic E-state index is 15.1. The van der Waals surface area contributed by atoms with Crippen LogP contribution in [0.4, 0.5) is 4.39 Å². The fourth-order valence-corrected chi connectivity index (χ4v) is 3.91. The van der Waals surface area contributed by atoms with Gasteiger partial charge in [-0.25, -0.2) is 9.37 Å². The lowest BCUT2D eigenvalue weighted by atomic mass is 9.97.